The molecule has 6 atom stereocenters. The summed E-state index contributed by atoms with van der Waals surface area (Å²) in [6.07, 6.45) is 11.3. The minimum absolute atomic E-state index is 0.147. The summed E-state index contributed by atoms with van der Waals surface area (Å²) in [5.74, 6) is 3.19. The third-order valence-electron chi connectivity index (χ3n) is 8.66. The molecule has 0 bridgehead atoms. The predicted octanol–water partition coefficient (Wildman–Crippen LogP) is 4.68. The fraction of sp³-hybridized carbons (Fsp3) is 0.773. The molecule has 2 heteroatoms. The van der Waals surface area contributed by atoms with E-state index in [-0.39, 0.29) is 12.0 Å². The molecular formula is C22H32O2. The van der Waals surface area contributed by atoms with Crippen molar-refractivity contribution in [2.24, 2.45) is 34.5 Å². The number of hydrogen-bond acceptors (Lipinski definition) is 2. The number of aliphatic hydroxyl groups is 1. The van der Waals surface area contributed by atoms with Gasteiger partial charge >= 0.3 is 0 Å². The molecule has 4 aliphatic rings. The Bertz CT molecular complexity index is 603. The minimum atomic E-state index is 0.147. The lowest BCUT2D eigenvalue weighted by atomic mass is 9.46. The summed E-state index contributed by atoms with van der Waals surface area (Å²) in [6, 6.07) is 0. The topological polar surface area (TPSA) is 37.3 Å². The van der Waals surface area contributed by atoms with E-state index in [0.29, 0.717) is 17.1 Å². The molecule has 0 aromatic rings. The Balaban J connectivity index is 1.65. The average molecular weight is 328 g/mol. The molecule has 0 aromatic carbocycles. The summed E-state index contributed by atoms with van der Waals surface area (Å²) in [5.41, 5.74) is 3.12. The van der Waals surface area contributed by atoms with E-state index in [1.807, 2.05) is 6.08 Å². The molecule has 3 fully saturated rings. The van der Waals surface area contributed by atoms with Crippen LogP contribution in [0.5, 0.6) is 0 Å². The zero-order chi connectivity index (χ0) is 17.1. The van der Waals surface area contributed by atoms with Crippen molar-refractivity contribution in [1.29, 1.82) is 0 Å². The lowest BCUT2D eigenvalue weighted by molar-refractivity contribution is -0.117. The Morgan fingerprint density at radius 2 is 1.96 bits per heavy atom. The van der Waals surface area contributed by atoms with Crippen LogP contribution < -0.4 is 0 Å². The van der Waals surface area contributed by atoms with Gasteiger partial charge in [0.1, 0.15) is 0 Å². The standard InChI is InChI=1S/C22H32O2/c1-14(13-23)18-6-7-19-17-5-4-15-12-16(24)8-10-21(15,2)20(17)9-11-22(18,19)3/h12,17-20,23H,1,4-11,13H2,2-3H3/t17?,18?,19?,20?,21-,22+/m0/s1. The summed E-state index contributed by atoms with van der Waals surface area (Å²) >= 11 is 0. The molecular weight excluding hydrogens is 296 g/mol. The van der Waals surface area contributed by atoms with Crippen LogP contribution in [0.25, 0.3) is 0 Å². The maximum atomic E-state index is 11.9. The Kier molecular flexibility index (Phi) is 3.84. The van der Waals surface area contributed by atoms with Gasteiger partial charge in [0.2, 0.25) is 0 Å². The number of rotatable bonds is 2. The summed E-state index contributed by atoms with van der Waals surface area (Å²) in [5, 5.41) is 9.61. The van der Waals surface area contributed by atoms with Crippen molar-refractivity contribution in [1.82, 2.24) is 0 Å². The molecule has 4 rings (SSSR count). The zero-order valence-corrected chi connectivity index (χ0v) is 15.3. The summed E-state index contributed by atoms with van der Waals surface area (Å²) < 4.78 is 0. The van der Waals surface area contributed by atoms with Gasteiger partial charge in [0.25, 0.3) is 0 Å². The highest BCUT2D eigenvalue weighted by molar-refractivity contribution is 5.91. The fourth-order valence-electron chi connectivity index (χ4n) is 7.34. The van der Waals surface area contributed by atoms with Gasteiger partial charge in [-0.2, -0.15) is 0 Å². The van der Waals surface area contributed by atoms with Crippen LogP contribution >= 0.6 is 0 Å². The van der Waals surface area contributed by atoms with Gasteiger partial charge in [-0.15, -0.1) is 0 Å². The van der Waals surface area contributed by atoms with Gasteiger partial charge in [-0.05, 0) is 91.1 Å². The molecule has 24 heavy (non-hydrogen) atoms. The number of fused-ring (bicyclic) bond motifs is 5. The number of ketones is 1. The van der Waals surface area contributed by atoms with E-state index in [4.69, 9.17) is 0 Å². The van der Waals surface area contributed by atoms with Crippen molar-refractivity contribution < 1.29 is 9.90 Å². The number of carbonyl (C=O) groups excluding carboxylic acids is 1. The molecule has 0 radical (unpaired) electrons. The van der Waals surface area contributed by atoms with Crippen LogP contribution in [0.15, 0.2) is 23.8 Å². The quantitative estimate of drug-likeness (QED) is 0.747. The van der Waals surface area contributed by atoms with Crippen molar-refractivity contribution >= 4 is 5.78 Å². The largest absolute Gasteiger partial charge is 0.392 e. The first kappa shape index (κ1) is 16.6. The SMILES string of the molecule is C=C(CO)C1CCC2C3CCC4=CC(=O)CC[C@]4(C)C3CC[C@]12C. The van der Waals surface area contributed by atoms with Gasteiger partial charge in [-0.25, -0.2) is 0 Å². The highest BCUT2D eigenvalue weighted by Crippen LogP contribution is 2.67. The minimum Gasteiger partial charge on any atom is -0.392 e. The van der Waals surface area contributed by atoms with Crippen LogP contribution in [0.2, 0.25) is 0 Å². The summed E-state index contributed by atoms with van der Waals surface area (Å²) in [4.78, 5) is 11.9. The molecule has 2 nitrogen and oxygen atoms in total. The van der Waals surface area contributed by atoms with Gasteiger partial charge in [-0.1, -0.05) is 26.0 Å². The third-order valence-corrected chi connectivity index (χ3v) is 8.66. The van der Waals surface area contributed by atoms with Crippen LogP contribution in [0, 0.1) is 34.5 Å². The second kappa shape index (κ2) is 5.56. The van der Waals surface area contributed by atoms with E-state index >= 15 is 0 Å². The van der Waals surface area contributed by atoms with Gasteiger partial charge in [0.15, 0.2) is 5.78 Å². The lowest BCUT2D eigenvalue weighted by Gasteiger charge is -2.58. The van der Waals surface area contributed by atoms with E-state index in [9.17, 15) is 9.90 Å². The second-order valence-electron chi connectivity index (χ2n) is 9.46. The first-order valence-corrected chi connectivity index (χ1v) is 9.92. The molecule has 0 amide bonds. The third kappa shape index (κ3) is 2.14. The molecule has 0 spiro atoms. The van der Waals surface area contributed by atoms with E-state index < -0.39 is 0 Å². The smallest absolute Gasteiger partial charge is 0.155 e. The maximum absolute atomic E-state index is 11.9. The normalized spacial score (nSPS) is 47.5. The zero-order valence-electron chi connectivity index (χ0n) is 15.3. The highest BCUT2D eigenvalue weighted by atomic mass is 16.3. The molecule has 3 saturated carbocycles. The Labute approximate surface area is 146 Å². The first-order valence-electron chi connectivity index (χ1n) is 9.92. The molecule has 1 N–H and O–H groups in total. The predicted molar refractivity (Wildman–Crippen MR) is 96.4 cm³/mol. The molecule has 0 heterocycles. The summed E-state index contributed by atoms with van der Waals surface area (Å²) in [7, 11) is 0. The lowest BCUT2D eigenvalue weighted by Crippen LogP contribution is -2.50. The van der Waals surface area contributed by atoms with Crippen molar-refractivity contribution in [3.05, 3.63) is 23.8 Å². The second-order valence-corrected chi connectivity index (χ2v) is 9.46. The monoisotopic (exact) mass is 328 g/mol. The van der Waals surface area contributed by atoms with Crippen LogP contribution in [0.4, 0.5) is 0 Å². The van der Waals surface area contributed by atoms with Crippen LogP contribution in [0.1, 0.15) is 65.2 Å². The van der Waals surface area contributed by atoms with Gasteiger partial charge < -0.3 is 5.11 Å². The molecule has 0 aliphatic heterocycles. The van der Waals surface area contributed by atoms with Crippen LogP contribution in [-0.2, 0) is 4.79 Å². The van der Waals surface area contributed by atoms with E-state index in [2.05, 4.69) is 20.4 Å². The van der Waals surface area contributed by atoms with E-state index in [1.165, 1.54) is 37.7 Å². The van der Waals surface area contributed by atoms with Crippen LogP contribution in [-0.4, -0.2) is 17.5 Å². The summed E-state index contributed by atoms with van der Waals surface area (Å²) in [6.45, 7) is 9.26. The Morgan fingerprint density at radius 1 is 1.17 bits per heavy atom. The van der Waals surface area contributed by atoms with Crippen molar-refractivity contribution in [2.75, 3.05) is 6.61 Å². The number of carbonyl (C=O) groups is 1. The van der Waals surface area contributed by atoms with Crippen molar-refractivity contribution in [3.8, 4) is 0 Å². The van der Waals surface area contributed by atoms with Gasteiger partial charge in [0.05, 0.1) is 6.61 Å². The van der Waals surface area contributed by atoms with Gasteiger partial charge in [0, 0.05) is 6.42 Å². The first-order chi connectivity index (χ1) is 11.4. The molecule has 4 unspecified atom stereocenters. The van der Waals surface area contributed by atoms with Crippen molar-refractivity contribution in [2.45, 2.75) is 65.2 Å². The highest BCUT2D eigenvalue weighted by Gasteiger charge is 2.59. The molecule has 4 aliphatic carbocycles. The molecule has 132 valence electrons. The number of allylic oxidation sites excluding steroid dienone is 1. The Morgan fingerprint density at radius 3 is 2.71 bits per heavy atom. The number of aliphatic hydroxyl groups excluding tert-OH is 1. The van der Waals surface area contributed by atoms with Crippen LogP contribution in [0.3, 0.4) is 0 Å². The average Bonchev–Trinajstić information content (AvgIpc) is 2.92. The van der Waals surface area contributed by atoms with Gasteiger partial charge in [-0.3, -0.25) is 4.79 Å². The fourth-order valence-corrected chi connectivity index (χ4v) is 7.34. The maximum Gasteiger partial charge on any atom is 0.155 e. The number of hydrogen-bond donors (Lipinski definition) is 1. The van der Waals surface area contributed by atoms with E-state index in [0.717, 1.165) is 42.6 Å². The van der Waals surface area contributed by atoms with Crippen molar-refractivity contribution in [3.63, 3.8) is 0 Å². The molecule has 0 saturated heterocycles. The Hall–Kier alpha value is -0.890. The van der Waals surface area contributed by atoms with E-state index in [1.54, 1.807) is 0 Å². The molecule has 0 aromatic heterocycles.